The molecular formula is C9H13NO. The molecule has 0 aliphatic heterocycles. The predicted octanol–water partition coefficient (Wildman–Crippen LogP) is 2.68. The molecule has 1 saturated carbocycles. The Balaban J connectivity index is 2.30. The quantitative estimate of drug-likeness (QED) is 0.649. The van der Waals surface area contributed by atoms with E-state index in [9.17, 15) is 0 Å². The van der Waals surface area contributed by atoms with E-state index in [0.717, 1.165) is 11.7 Å². The van der Waals surface area contributed by atoms with Crippen molar-refractivity contribution in [1.82, 2.24) is 5.16 Å². The smallest absolute Gasteiger partial charge is 0.142 e. The molecule has 2 rings (SSSR count). The zero-order valence-electron chi connectivity index (χ0n) is 7.00. The van der Waals surface area contributed by atoms with Crippen LogP contribution in [0.4, 0.5) is 0 Å². The summed E-state index contributed by atoms with van der Waals surface area (Å²) in [6.07, 6.45) is 4.52. The maximum Gasteiger partial charge on any atom is 0.142 e. The molecule has 2 heteroatoms. The SMILES string of the molecule is CC(C)c1oncc1C1CC1. The highest BCUT2D eigenvalue weighted by atomic mass is 16.5. The molecule has 0 N–H and O–H groups in total. The van der Waals surface area contributed by atoms with Crippen LogP contribution < -0.4 is 0 Å². The number of hydrogen-bond acceptors (Lipinski definition) is 2. The van der Waals surface area contributed by atoms with E-state index in [4.69, 9.17) is 4.52 Å². The topological polar surface area (TPSA) is 26.0 Å². The van der Waals surface area contributed by atoms with Crippen molar-refractivity contribution in [3.05, 3.63) is 17.5 Å². The maximum absolute atomic E-state index is 5.18. The Hall–Kier alpha value is -0.790. The normalized spacial score (nSPS) is 17.7. The van der Waals surface area contributed by atoms with Gasteiger partial charge in [0.15, 0.2) is 0 Å². The Morgan fingerprint density at radius 3 is 2.82 bits per heavy atom. The zero-order valence-corrected chi connectivity index (χ0v) is 7.00. The molecule has 60 valence electrons. The van der Waals surface area contributed by atoms with Crippen LogP contribution in [-0.2, 0) is 0 Å². The van der Waals surface area contributed by atoms with Crippen LogP contribution in [0.25, 0.3) is 0 Å². The standard InChI is InChI=1S/C9H13NO/c1-6(2)9-8(5-10-11-9)7-3-4-7/h5-7H,3-4H2,1-2H3. The molecule has 0 radical (unpaired) electrons. The fourth-order valence-corrected chi connectivity index (χ4v) is 1.40. The first-order valence-electron chi connectivity index (χ1n) is 4.23. The number of nitrogens with zero attached hydrogens (tertiary/aromatic N) is 1. The van der Waals surface area contributed by atoms with Crippen molar-refractivity contribution in [3.63, 3.8) is 0 Å². The van der Waals surface area contributed by atoms with Crippen molar-refractivity contribution in [1.29, 1.82) is 0 Å². The highest BCUT2D eigenvalue weighted by molar-refractivity contribution is 5.25. The maximum atomic E-state index is 5.18. The average Bonchev–Trinajstić information content (AvgIpc) is 2.68. The Labute approximate surface area is 66.6 Å². The van der Waals surface area contributed by atoms with Gasteiger partial charge in [-0.1, -0.05) is 19.0 Å². The van der Waals surface area contributed by atoms with Crippen molar-refractivity contribution < 1.29 is 4.52 Å². The Morgan fingerprint density at radius 2 is 2.27 bits per heavy atom. The van der Waals surface area contributed by atoms with Gasteiger partial charge in [-0.3, -0.25) is 0 Å². The van der Waals surface area contributed by atoms with E-state index in [-0.39, 0.29) is 0 Å². The second-order valence-electron chi connectivity index (χ2n) is 3.57. The molecular weight excluding hydrogens is 138 g/mol. The van der Waals surface area contributed by atoms with Crippen LogP contribution in [0.5, 0.6) is 0 Å². The van der Waals surface area contributed by atoms with E-state index in [1.807, 2.05) is 6.20 Å². The van der Waals surface area contributed by atoms with Gasteiger partial charge < -0.3 is 4.52 Å². The van der Waals surface area contributed by atoms with Gasteiger partial charge >= 0.3 is 0 Å². The van der Waals surface area contributed by atoms with Crippen molar-refractivity contribution in [2.24, 2.45) is 0 Å². The van der Waals surface area contributed by atoms with E-state index >= 15 is 0 Å². The summed E-state index contributed by atoms with van der Waals surface area (Å²) in [5.41, 5.74) is 1.35. The predicted molar refractivity (Wildman–Crippen MR) is 42.6 cm³/mol. The van der Waals surface area contributed by atoms with E-state index in [2.05, 4.69) is 19.0 Å². The van der Waals surface area contributed by atoms with Gasteiger partial charge in [-0.25, -0.2) is 0 Å². The summed E-state index contributed by atoms with van der Waals surface area (Å²) in [4.78, 5) is 0. The van der Waals surface area contributed by atoms with Gasteiger partial charge in [-0.05, 0) is 18.8 Å². The van der Waals surface area contributed by atoms with Gasteiger partial charge in [0, 0.05) is 11.5 Å². The van der Waals surface area contributed by atoms with Gasteiger partial charge in [-0.15, -0.1) is 0 Å². The van der Waals surface area contributed by atoms with E-state index in [1.165, 1.54) is 18.4 Å². The molecule has 0 amide bonds. The summed E-state index contributed by atoms with van der Waals surface area (Å²) in [6.45, 7) is 4.29. The van der Waals surface area contributed by atoms with Gasteiger partial charge in [0.1, 0.15) is 5.76 Å². The first-order valence-corrected chi connectivity index (χ1v) is 4.23. The van der Waals surface area contributed by atoms with Crippen molar-refractivity contribution in [2.45, 2.75) is 38.5 Å². The number of aromatic nitrogens is 1. The fraction of sp³-hybridized carbons (Fsp3) is 0.667. The van der Waals surface area contributed by atoms with E-state index < -0.39 is 0 Å². The molecule has 1 aromatic rings. The molecule has 1 heterocycles. The molecule has 0 spiro atoms. The first kappa shape index (κ1) is 6.89. The Kier molecular flexibility index (Phi) is 1.48. The monoisotopic (exact) mass is 151 g/mol. The molecule has 0 bridgehead atoms. The Morgan fingerprint density at radius 1 is 1.55 bits per heavy atom. The second kappa shape index (κ2) is 2.36. The van der Waals surface area contributed by atoms with Crippen LogP contribution >= 0.6 is 0 Å². The molecule has 0 unspecified atom stereocenters. The molecule has 0 saturated heterocycles. The Bertz CT molecular complexity index is 231. The van der Waals surface area contributed by atoms with Gasteiger partial charge in [0.2, 0.25) is 0 Å². The molecule has 2 nitrogen and oxygen atoms in total. The molecule has 11 heavy (non-hydrogen) atoms. The summed E-state index contributed by atoms with van der Waals surface area (Å²) < 4.78 is 5.18. The van der Waals surface area contributed by atoms with Crippen LogP contribution in [-0.4, -0.2) is 5.16 Å². The van der Waals surface area contributed by atoms with E-state index in [1.54, 1.807) is 0 Å². The van der Waals surface area contributed by atoms with Crippen LogP contribution in [0.2, 0.25) is 0 Å². The lowest BCUT2D eigenvalue weighted by Gasteiger charge is -2.00. The molecule has 1 aliphatic carbocycles. The largest absolute Gasteiger partial charge is 0.361 e. The lowest BCUT2D eigenvalue weighted by molar-refractivity contribution is 0.369. The minimum Gasteiger partial charge on any atom is -0.361 e. The van der Waals surface area contributed by atoms with Crippen LogP contribution in [0, 0.1) is 0 Å². The fourth-order valence-electron chi connectivity index (χ4n) is 1.40. The molecule has 1 fully saturated rings. The third-order valence-corrected chi connectivity index (χ3v) is 2.17. The van der Waals surface area contributed by atoms with Crippen LogP contribution in [0.15, 0.2) is 10.7 Å². The zero-order chi connectivity index (χ0) is 7.84. The van der Waals surface area contributed by atoms with Crippen molar-refractivity contribution in [3.8, 4) is 0 Å². The van der Waals surface area contributed by atoms with E-state index in [0.29, 0.717) is 5.92 Å². The average molecular weight is 151 g/mol. The molecule has 1 aromatic heterocycles. The minimum atomic E-state index is 0.480. The first-order chi connectivity index (χ1) is 5.29. The summed E-state index contributed by atoms with van der Waals surface area (Å²) in [5, 5.41) is 3.83. The highest BCUT2D eigenvalue weighted by Gasteiger charge is 2.29. The summed E-state index contributed by atoms with van der Waals surface area (Å²) >= 11 is 0. The van der Waals surface area contributed by atoms with Crippen molar-refractivity contribution >= 4 is 0 Å². The number of rotatable bonds is 2. The molecule has 0 atom stereocenters. The van der Waals surface area contributed by atoms with Gasteiger partial charge in [0.05, 0.1) is 6.20 Å². The number of hydrogen-bond donors (Lipinski definition) is 0. The minimum absolute atomic E-state index is 0.480. The van der Waals surface area contributed by atoms with Gasteiger partial charge in [-0.2, -0.15) is 0 Å². The molecule has 0 aromatic carbocycles. The molecule has 1 aliphatic rings. The third kappa shape index (κ3) is 1.17. The highest BCUT2D eigenvalue weighted by Crippen LogP contribution is 2.43. The van der Waals surface area contributed by atoms with Crippen molar-refractivity contribution in [2.75, 3.05) is 0 Å². The van der Waals surface area contributed by atoms with Gasteiger partial charge in [0.25, 0.3) is 0 Å². The lowest BCUT2D eigenvalue weighted by Crippen LogP contribution is -1.88. The summed E-state index contributed by atoms with van der Waals surface area (Å²) in [5.74, 6) is 2.33. The lowest BCUT2D eigenvalue weighted by atomic mass is 10.0. The van der Waals surface area contributed by atoms with Crippen LogP contribution in [0.1, 0.15) is 49.8 Å². The third-order valence-electron chi connectivity index (χ3n) is 2.17. The van der Waals surface area contributed by atoms with Crippen LogP contribution in [0.3, 0.4) is 0 Å². The second-order valence-corrected chi connectivity index (χ2v) is 3.57. The summed E-state index contributed by atoms with van der Waals surface area (Å²) in [6, 6.07) is 0. The summed E-state index contributed by atoms with van der Waals surface area (Å²) in [7, 11) is 0.